The van der Waals surface area contributed by atoms with Crippen LogP contribution in [0.3, 0.4) is 0 Å². The van der Waals surface area contributed by atoms with Crippen LogP contribution >= 0.6 is 0 Å². The molecule has 1 aliphatic rings. The topological polar surface area (TPSA) is 21.1 Å². The fourth-order valence-electron chi connectivity index (χ4n) is 2.72. The van der Waals surface area contributed by atoms with E-state index in [0.29, 0.717) is 0 Å². The minimum Gasteiger partial charge on any atom is -0.351 e. The zero-order valence-corrected chi connectivity index (χ0v) is 13.4. The van der Waals surface area contributed by atoms with E-state index in [1.54, 1.807) is 0 Å². The Morgan fingerprint density at radius 3 is 2.55 bits per heavy atom. The Labute approximate surface area is 131 Å². The summed E-state index contributed by atoms with van der Waals surface area (Å²) in [5.41, 5.74) is 5.63. The van der Waals surface area contributed by atoms with Crippen molar-refractivity contribution in [2.45, 2.75) is 20.4 Å². The Hall–Kier alpha value is -2.55. The molecule has 0 atom stereocenters. The molecule has 0 spiro atoms. The minimum absolute atomic E-state index is 0.825. The molecule has 1 aromatic heterocycles. The number of aromatic nitrogens is 2. The summed E-state index contributed by atoms with van der Waals surface area (Å²) in [6, 6.07) is 10.5. The van der Waals surface area contributed by atoms with E-state index in [-0.39, 0.29) is 0 Å². The first-order valence-corrected chi connectivity index (χ1v) is 7.45. The Morgan fingerprint density at radius 2 is 1.86 bits per heavy atom. The molecule has 3 heteroatoms. The van der Waals surface area contributed by atoms with Gasteiger partial charge < -0.3 is 9.47 Å². The molecule has 3 nitrogen and oxygen atoms in total. The van der Waals surface area contributed by atoms with Crippen molar-refractivity contribution in [3.8, 4) is 0 Å². The van der Waals surface area contributed by atoms with Crippen molar-refractivity contribution < 1.29 is 0 Å². The van der Waals surface area contributed by atoms with Gasteiger partial charge in [-0.3, -0.25) is 0 Å². The molecule has 0 saturated heterocycles. The maximum atomic E-state index is 4.72. The van der Waals surface area contributed by atoms with Crippen LogP contribution in [0.2, 0.25) is 0 Å². The highest BCUT2D eigenvalue weighted by Crippen LogP contribution is 2.27. The summed E-state index contributed by atoms with van der Waals surface area (Å²) in [5, 5.41) is 0. The maximum absolute atomic E-state index is 4.72. The Morgan fingerprint density at radius 1 is 1.14 bits per heavy atom. The molecular weight excluding hydrogens is 270 g/mol. The summed E-state index contributed by atoms with van der Waals surface area (Å²) in [6.07, 6.45) is 6.36. The second-order valence-corrected chi connectivity index (χ2v) is 5.79. The average molecular weight is 291 g/mol. The van der Waals surface area contributed by atoms with E-state index >= 15 is 0 Å². The van der Waals surface area contributed by atoms with E-state index in [4.69, 9.17) is 4.98 Å². The molecule has 2 aromatic rings. The first-order chi connectivity index (χ1) is 10.5. The van der Waals surface area contributed by atoms with Crippen LogP contribution in [-0.2, 0) is 6.54 Å². The van der Waals surface area contributed by atoms with Crippen LogP contribution < -0.4 is 0 Å². The molecule has 3 rings (SSSR count). The number of benzene rings is 1. The zero-order valence-electron chi connectivity index (χ0n) is 13.4. The lowest BCUT2D eigenvalue weighted by molar-refractivity contribution is 0.577. The van der Waals surface area contributed by atoms with Gasteiger partial charge in [0.2, 0.25) is 0 Å². The molecule has 0 bridgehead atoms. The molecule has 22 heavy (non-hydrogen) atoms. The molecule has 1 aromatic carbocycles. The van der Waals surface area contributed by atoms with Crippen molar-refractivity contribution in [2.24, 2.45) is 0 Å². The van der Waals surface area contributed by atoms with Gasteiger partial charge in [-0.25, -0.2) is 4.98 Å². The largest absolute Gasteiger partial charge is 0.351 e. The summed E-state index contributed by atoms with van der Waals surface area (Å²) in [6.45, 7) is 9.03. The van der Waals surface area contributed by atoms with Gasteiger partial charge in [0.1, 0.15) is 5.82 Å². The summed E-state index contributed by atoms with van der Waals surface area (Å²) in [5.74, 6) is 1.00. The van der Waals surface area contributed by atoms with Gasteiger partial charge in [-0.2, -0.15) is 0 Å². The number of nitrogens with zero attached hydrogens (tertiary/aromatic N) is 3. The number of hydrogen-bond acceptors (Lipinski definition) is 2. The number of allylic oxidation sites excluding steroid dienone is 3. The summed E-state index contributed by atoms with van der Waals surface area (Å²) < 4.78 is 2.21. The predicted molar refractivity (Wildman–Crippen MR) is 91.1 cm³/mol. The fraction of sp³-hybridized carbons (Fsp3) is 0.211. The maximum Gasteiger partial charge on any atom is 0.142 e. The van der Waals surface area contributed by atoms with E-state index in [9.17, 15) is 0 Å². The van der Waals surface area contributed by atoms with Crippen LogP contribution in [0.1, 0.15) is 24.0 Å². The normalized spacial score (nSPS) is 14.9. The Kier molecular flexibility index (Phi) is 3.72. The second kappa shape index (κ2) is 5.68. The molecule has 0 unspecified atom stereocenters. The van der Waals surface area contributed by atoms with Crippen molar-refractivity contribution in [1.29, 1.82) is 0 Å². The summed E-state index contributed by atoms with van der Waals surface area (Å²) >= 11 is 0. The molecule has 2 heterocycles. The summed E-state index contributed by atoms with van der Waals surface area (Å²) in [7, 11) is 2.02. The number of hydrogen-bond donors (Lipinski definition) is 0. The molecule has 112 valence electrons. The van der Waals surface area contributed by atoms with E-state index in [0.717, 1.165) is 29.3 Å². The van der Waals surface area contributed by atoms with Crippen LogP contribution in [0.25, 0.3) is 5.57 Å². The zero-order chi connectivity index (χ0) is 15.7. The smallest absolute Gasteiger partial charge is 0.142 e. The van der Waals surface area contributed by atoms with Gasteiger partial charge in [-0.1, -0.05) is 36.9 Å². The standard InChI is InChI=1S/C19H21N3/c1-14-10-18(13-21(4)16(14)3)19-20-15(2)11-22(19)12-17-8-6-5-7-9-17/h5-11,13H,3,12H2,1-2,4H3. The highest BCUT2D eigenvalue weighted by Gasteiger charge is 2.16. The lowest BCUT2D eigenvalue weighted by Crippen LogP contribution is -2.16. The minimum atomic E-state index is 0.825. The lowest BCUT2D eigenvalue weighted by atomic mass is 10.1. The van der Waals surface area contributed by atoms with Gasteiger partial charge in [0.05, 0.1) is 5.69 Å². The van der Waals surface area contributed by atoms with Crippen molar-refractivity contribution >= 4 is 5.57 Å². The van der Waals surface area contributed by atoms with E-state index in [1.165, 1.54) is 11.1 Å². The summed E-state index contributed by atoms with van der Waals surface area (Å²) in [4.78, 5) is 6.78. The molecule has 0 aliphatic carbocycles. The third-order valence-corrected chi connectivity index (χ3v) is 3.94. The fourth-order valence-corrected chi connectivity index (χ4v) is 2.72. The van der Waals surface area contributed by atoms with E-state index in [1.807, 2.05) is 20.0 Å². The number of rotatable bonds is 3. The highest BCUT2D eigenvalue weighted by molar-refractivity contribution is 5.73. The van der Waals surface area contributed by atoms with Gasteiger partial charge in [-0.15, -0.1) is 0 Å². The first kappa shape index (κ1) is 14.4. The highest BCUT2D eigenvalue weighted by atomic mass is 15.1. The van der Waals surface area contributed by atoms with Crippen LogP contribution in [0.4, 0.5) is 0 Å². The lowest BCUT2D eigenvalue weighted by Gasteiger charge is -2.24. The molecule has 0 amide bonds. The number of aryl methyl sites for hydroxylation is 1. The van der Waals surface area contributed by atoms with Crippen LogP contribution in [0.15, 0.2) is 66.7 Å². The van der Waals surface area contributed by atoms with Crippen LogP contribution in [-0.4, -0.2) is 21.5 Å². The number of imidazole rings is 1. The molecular formula is C19H21N3. The first-order valence-electron chi connectivity index (χ1n) is 7.45. The van der Waals surface area contributed by atoms with Gasteiger partial charge in [0.15, 0.2) is 0 Å². The van der Waals surface area contributed by atoms with Gasteiger partial charge in [0, 0.05) is 37.3 Å². The van der Waals surface area contributed by atoms with Crippen molar-refractivity contribution in [3.05, 3.63) is 83.7 Å². The Bertz CT molecular complexity index is 763. The van der Waals surface area contributed by atoms with Crippen molar-refractivity contribution in [1.82, 2.24) is 14.5 Å². The quantitative estimate of drug-likeness (QED) is 0.852. The third kappa shape index (κ3) is 2.75. The van der Waals surface area contributed by atoms with Gasteiger partial charge in [-0.05, 0) is 31.1 Å². The monoisotopic (exact) mass is 291 g/mol. The number of likely N-dealkylation sites (N-methyl/N-ethyl adjacent to an activating group) is 1. The van der Waals surface area contributed by atoms with Gasteiger partial charge in [0.25, 0.3) is 0 Å². The SMILES string of the molecule is C=C1C(C)=CC(c2nc(C)cn2Cc2ccccc2)=CN1C. The average Bonchev–Trinajstić information content (AvgIpc) is 2.86. The molecule has 0 radical (unpaired) electrons. The van der Waals surface area contributed by atoms with E-state index < -0.39 is 0 Å². The Balaban J connectivity index is 1.99. The molecule has 0 N–H and O–H groups in total. The third-order valence-electron chi connectivity index (χ3n) is 3.94. The van der Waals surface area contributed by atoms with Crippen LogP contribution in [0, 0.1) is 6.92 Å². The molecule has 0 fully saturated rings. The van der Waals surface area contributed by atoms with Crippen molar-refractivity contribution in [3.63, 3.8) is 0 Å². The van der Waals surface area contributed by atoms with Crippen molar-refractivity contribution in [2.75, 3.05) is 7.05 Å². The second-order valence-electron chi connectivity index (χ2n) is 5.79. The molecule has 0 saturated carbocycles. The molecule has 1 aliphatic heterocycles. The predicted octanol–water partition coefficient (Wildman–Crippen LogP) is 3.99. The van der Waals surface area contributed by atoms with E-state index in [2.05, 4.69) is 65.7 Å². The van der Waals surface area contributed by atoms with Gasteiger partial charge >= 0.3 is 0 Å². The van der Waals surface area contributed by atoms with Crippen LogP contribution in [0.5, 0.6) is 0 Å².